The van der Waals surface area contributed by atoms with Gasteiger partial charge >= 0.3 is 0 Å². The first-order chi connectivity index (χ1) is 13.8. The van der Waals surface area contributed by atoms with Crippen LogP contribution in [-0.2, 0) is 9.59 Å². The van der Waals surface area contributed by atoms with E-state index in [4.69, 9.17) is 16.3 Å². The molecule has 2 amide bonds. The van der Waals surface area contributed by atoms with E-state index in [9.17, 15) is 18.4 Å². The Bertz CT molecular complexity index is 795. The molecule has 158 valence electrons. The third-order valence-electron chi connectivity index (χ3n) is 6.15. The predicted molar refractivity (Wildman–Crippen MR) is 103 cm³/mol. The Hall–Kier alpha value is -1.93. The number of fused-ring (bicyclic) bond motifs is 1. The first-order valence-corrected chi connectivity index (χ1v) is 10.3. The van der Waals surface area contributed by atoms with Crippen molar-refractivity contribution in [2.24, 2.45) is 5.92 Å². The van der Waals surface area contributed by atoms with E-state index in [-0.39, 0.29) is 53.4 Å². The van der Waals surface area contributed by atoms with Crippen molar-refractivity contribution in [1.29, 1.82) is 0 Å². The number of nitrogens with one attached hydrogen (secondary N) is 3. The molecule has 3 N–H and O–H groups in total. The lowest BCUT2D eigenvalue weighted by Gasteiger charge is -2.40. The summed E-state index contributed by atoms with van der Waals surface area (Å²) < 4.78 is 32.0. The van der Waals surface area contributed by atoms with Crippen LogP contribution in [0.15, 0.2) is 18.2 Å². The van der Waals surface area contributed by atoms with Gasteiger partial charge in [0, 0.05) is 24.2 Å². The summed E-state index contributed by atoms with van der Waals surface area (Å²) in [4.78, 5) is 24.7. The van der Waals surface area contributed by atoms with Gasteiger partial charge in [0.15, 0.2) is 6.61 Å². The van der Waals surface area contributed by atoms with Gasteiger partial charge in [0.1, 0.15) is 17.7 Å². The van der Waals surface area contributed by atoms with Crippen molar-refractivity contribution in [2.45, 2.75) is 55.9 Å². The number of halogens is 3. The molecular weight excluding hydrogens is 404 g/mol. The van der Waals surface area contributed by atoms with Crippen molar-refractivity contribution in [3.63, 3.8) is 0 Å². The van der Waals surface area contributed by atoms with Crippen LogP contribution in [0.5, 0.6) is 5.75 Å². The fourth-order valence-corrected chi connectivity index (χ4v) is 4.78. The third kappa shape index (κ3) is 4.48. The maximum atomic E-state index is 13.4. The molecule has 4 fully saturated rings. The number of alkyl halides is 1. The van der Waals surface area contributed by atoms with Crippen molar-refractivity contribution in [3.05, 3.63) is 29.0 Å². The lowest BCUT2D eigenvalue weighted by molar-refractivity contribution is -0.127. The van der Waals surface area contributed by atoms with Gasteiger partial charge in [-0.15, -0.1) is 0 Å². The highest BCUT2D eigenvalue weighted by atomic mass is 35.5. The summed E-state index contributed by atoms with van der Waals surface area (Å²) in [7, 11) is 0. The second-order valence-electron chi connectivity index (χ2n) is 8.32. The second-order valence-corrected chi connectivity index (χ2v) is 8.72. The normalized spacial score (nSPS) is 32.9. The van der Waals surface area contributed by atoms with E-state index in [0.717, 1.165) is 18.9 Å². The molecule has 2 unspecified atom stereocenters. The Morgan fingerprint density at radius 2 is 2.07 bits per heavy atom. The summed E-state index contributed by atoms with van der Waals surface area (Å²) in [5.41, 5.74) is -0.284. The molecule has 1 aromatic carbocycles. The standard InChI is InChI=1S/C20H24ClF2N3O3/c21-14-3-2-13(5-15(14)23)29-10-18(27)25-17-8-20(6-11(17)7-20)26-19(28)16-4-1-12(22)9-24-16/h2-3,5,11-12,16-17,24H,1,4,6-10H2,(H,25,27)(H,26,28)/t11?,12?,16?,17-,20?/m0/s1. The molecule has 1 heterocycles. The van der Waals surface area contributed by atoms with E-state index >= 15 is 0 Å². The number of benzene rings is 1. The van der Waals surface area contributed by atoms with Crippen molar-refractivity contribution < 1.29 is 23.1 Å². The van der Waals surface area contributed by atoms with Crippen LogP contribution in [0.4, 0.5) is 8.78 Å². The summed E-state index contributed by atoms with van der Waals surface area (Å²) >= 11 is 5.62. The summed E-state index contributed by atoms with van der Waals surface area (Å²) in [6, 6.07) is 3.63. The van der Waals surface area contributed by atoms with Gasteiger partial charge in [-0.05, 0) is 50.2 Å². The number of piperidine rings is 1. The number of carbonyl (C=O) groups is 2. The number of hydrogen-bond acceptors (Lipinski definition) is 4. The molecule has 5 rings (SSSR count). The monoisotopic (exact) mass is 427 g/mol. The molecule has 3 aliphatic carbocycles. The number of rotatable bonds is 6. The van der Waals surface area contributed by atoms with E-state index in [1.165, 1.54) is 12.1 Å². The lowest BCUT2D eigenvalue weighted by Crippen LogP contribution is -2.58. The highest BCUT2D eigenvalue weighted by Crippen LogP contribution is 2.52. The molecule has 0 radical (unpaired) electrons. The molecule has 0 aromatic heterocycles. The Labute approximate surface area is 172 Å². The Balaban J connectivity index is 1.23. The highest BCUT2D eigenvalue weighted by molar-refractivity contribution is 6.30. The fraction of sp³-hybridized carbons (Fsp3) is 0.600. The number of carbonyl (C=O) groups excluding carboxylic acids is 2. The largest absolute Gasteiger partial charge is 0.484 e. The Kier molecular flexibility index (Phi) is 5.66. The lowest BCUT2D eigenvalue weighted by atomic mass is 9.76. The molecule has 4 aliphatic rings. The minimum Gasteiger partial charge on any atom is -0.484 e. The molecule has 3 saturated carbocycles. The van der Waals surface area contributed by atoms with Gasteiger partial charge in [-0.2, -0.15) is 0 Å². The van der Waals surface area contributed by atoms with Crippen molar-refractivity contribution in [1.82, 2.24) is 16.0 Å². The average molecular weight is 428 g/mol. The first kappa shape index (κ1) is 20.3. The molecule has 6 nitrogen and oxygen atoms in total. The summed E-state index contributed by atoms with van der Waals surface area (Å²) in [6.45, 7) is -0.00996. The molecule has 0 spiro atoms. The molecule has 2 bridgehead atoms. The van der Waals surface area contributed by atoms with Gasteiger partial charge in [0.05, 0.1) is 11.1 Å². The summed E-state index contributed by atoms with van der Waals surface area (Å²) in [5.74, 6) is -0.426. The molecule has 1 aliphatic heterocycles. The molecule has 29 heavy (non-hydrogen) atoms. The van der Waals surface area contributed by atoms with Gasteiger partial charge < -0.3 is 20.7 Å². The maximum absolute atomic E-state index is 13.4. The van der Waals surface area contributed by atoms with Crippen LogP contribution in [0.3, 0.4) is 0 Å². The van der Waals surface area contributed by atoms with Gasteiger partial charge in [0.25, 0.3) is 5.91 Å². The van der Waals surface area contributed by atoms with Crippen LogP contribution in [0.25, 0.3) is 0 Å². The van der Waals surface area contributed by atoms with Crippen molar-refractivity contribution in [2.75, 3.05) is 13.2 Å². The molecule has 9 heteroatoms. The average Bonchev–Trinajstić information content (AvgIpc) is 3.16. The zero-order valence-electron chi connectivity index (χ0n) is 15.8. The first-order valence-electron chi connectivity index (χ1n) is 9.90. The number of hydrogen-bond donors (Lipinski definition) is 3. The van der Waals surface area contributed by atoms with Crippen molar-refractivity contribution in [3.8, 4) is 5.75 Å². The van der Waals surface area contributed by atoms with Crippen LogP contribution < -0.4 is 20.7 Å². The van der Waals surface area contributed by atoms with E-state index in [0.29, 0.717) is 25.2 Å². The molecule has 1 aromatic rings. The minimum atomic E-state index is -0.886. The topological polar surface area (TPSA) is 79.5 Å². The van der Waals surface area contributed by atoms with Crippen LogP contribution in [0, 0.1) is 11.7 Å². The van der Waals surface area contributed by atoms with Gasteiger partial charge in [-0.3, -0.25) is 9.59 Å². The van der Waals surface area contributed by atoms with Crippen LogP contribution in [-0.4, -0.2) is 48.8 Å². The SMILES string of the molecule is O=C(COc1ccc(Cl)c(F)c1)N[C@H]1CC2(NC(=O)C3CCC(F)CN3)CC1C2. The van der Waals surface area contributed by atoms with Crippen molar-refractivity contribution >= 4 is 23.4 Å². The Morgan fingerprint density at radius 3 is 2.76 bits per heavy atom. The molecular formula is C20H24ClF2N3O3. The second kappa shape index (κ2) is 8.07. The van der Waals surface area contributed by atoms with Crippen LogP contribution >= 0.6 is 11.6 Å². The molecule has 3 atom stereocenters. The maximum Gasteiger partial charge on any atom is 0.258 e. The van der Waals surface area contributed by atoms with Gasteiger partial charge in [-0.1, -0.05) is 11.6 Å². The van der Waals surface area contributed by atoms with Gasteiger partial charge in [-0.25, -0.2) is 8.78 Å². The zero-order valence-corrected chi connectivity index (χ0v) is 16.6. The van der Waals surface area contributed by atoms with Crippen LogP contribution in [0.2, 0.25) is 5.02 Å². The predicted octanol–water partition coefficient (Wildman–Crippen LogP) is 2.10. The van der Waals surface area contributed by atoms with E-state index in [1.54, 1.807) is 0 Å². The van der Waals surface area contributed by atoms with E-state index in [1.807, 2.05) is 0 Å². The van der Waals surface area contributed by atoms with Crippen LogP contribution in [0.1, 0.15) is 32.1 Å². The summed E-state index contributed by atoms with van der Waals surface area (Å²) in [6.07, 6.45) is 2.33. The Morgan fingerprint density at radius 1 is 1.28 bits per heavy atom. The molecule has 1 saturated heterocycles. The number of amides is 2. The third-order valence-corrected chi connectivity index (χ3v) is 6.46. The summed E-state index contributed by atoms with van der Waals surface area (Å²) in [5, 5.41) is 9.01. The quantitative estimate of drug-likeness (QED) is 0.649. The fourth-order valence-electron chi connectivity index (χ4n) is 4.66. The smallest absolute Gasteiger partial charge is 0.258 e. The zero-order chi connectivity index (χ0) is 20.6. The van der Waals surface area contributed by atoms with E-state index in [2.05, 4.69) is 16.0 Å². The number of ether oxygens (including phenoxy) is 1. The van der Waals surface area contributed by atoms with E-state index < -0.39 is 12.0 Å². The van der Waals surface area contributed by atoms with Gasteiger partial charge in [0.2, 0.25) is 5.91 Å². The highest BCUT2D eigenvalue weighted by Gasteiger charge is 2.57. The minimum absolute atomic E-state index is 0.00665.